The number of halogens is 1. The standard InChI is InChI=1S/C13H14IN3O/c1-8(2)7-10-11(14)13(18)17-12(16-10)9-3-5-15-6-4-9/h3-6,8H,7H2,1-2H3,(H,16,17,18). The van der Waals surface area contributed by atoms with E-state index in [-0.39, 0.29) is 5.56 Å². The normalized spacial score (nSPS) is 10.9. The fourth-order valence-corrected chi connectivity index (χ4v) is 2.15. The summed E-state index contributed by atoms with van der Waals surface area (Å²) in [6, 6.07) is 3.68. The van der Waals surface area contributed by atoms with Crippen molar-refractivity contribution in [2.45, 2.75) is 20.3 Å². The smallest absolute Gasteiger partial charge is 0.264 e. The SMILES string of the molecule is CC(C)Cc1nc(-c2ccncc2)[nH]c(=O)c1I. The molecule has 0 bridgehead atoms. The molecule has 0 saturated heterocycles. The van der Waals surface area contributed by atoms with E-state index in [9.17, 15) is 4.79 Å². The molecule has 0 aliphatic carbocycles. The highest BCUT2D eigenvalue weighted by Crippen LogP contribution is 2.16. The third kappa shape index (κ3) is 2.95. The highest BCUT2D eigenvalue weighted by molar-refractivity contribution is 14.1. The molecule has 0 amide bonds. The van der Waals surface area contributed by atoms with Crippen LogP contribution in [0.4, 0.5) is 0 Å². The maximum absolute atomic E-state index is 11.9. The second-order valence-electron chi connectivity index (χ2n) is 4.51. The van der Waals surface area contributed by atoms with Gasteiger partial charge in [0.1, 0.15) is 5.82 Å². The van der Waals surface area contributed by atoms with Gasteiger partial charge in [0, 0.05) is 18.0 Å². The van der Waals surface area contributed by atoms with Crippen LogP contribution in [-0.4, -0.2) is 15.0 Å². The second kappa shape index (κ2) is 5.60. The van der Waals surface area contributed by atoms with Gasteiger partial charge in [0.05, 0.1) is 9.26 Å². The van der Waals surface area contributed by atoms with E-state index in [1.807, 2.05) is 12.1 Å². The third-order valence-electron chi connectivity index (χ3n) is 2.49. The fraction of sp³-hybridized carbons (Fsp3) is 0.308. The van der Waals surface area contributed by atoms with E-state index in [0.717, 1.165) is 17.7 Å². The zero-order chi connectivity index (χ0) is 13.1. The maximum atomic E-state index is 11.9. The van der Waals surface area contributed by atoms with E-state index in [2.05, 4.69) is 51.4 Å². The average molecular weight is 355 g/mol. The Morgan fingerprint density at radius 2 is 2.00 bits per heavy atom. The van der Waals surface area contributed by atoms with Crippen molar-refractivity contribution in [3.63, 3.8) is 0 Å². The summed E-state index contributed by atoms with van der Waals surface area (Å²) < 4.78 is 0.680. The third-order valence-corrected chi connectivity index (χ3v) is 3.60. The Balaban J connectivity index is 2.51. The largest absolute Gasteiger partial charge is 0.306 e. The number of aromatic nitrogens is 3. The minimum Gasteiger partial charge on any atom is -0.306 e. The Bertz CT molecular complexity index is 593. The quantitative estimate of drug-likeness (QED) is 0.862. The van der Waals surface area contributed by atoms with E-state index >= 15 is 0 Å². The molecule has 0 fully saturated rings. The molecular weight excluding hydrogens is 341 g/mol. The molecule has 18 heavy (non-hydrogen) atoms. The molecule has 2 heterocycles. The first-order chi connectivity index (χ1) is 8.58. The lowest BCUT2D eigenvalue weighted by Gasteiger charge is -2.08. The number of nitrogens with one attached hydrogen (secondary N) is 1. The molecule has 4 nitrogen and oxygen atoms in total. The van der Waals surface area contributed by atoms with Crippen molar-refractivity contribution in [1.29, 1.82) is 0 Å². The predicted octanol–water partition coefficient (Wildman–Crippen LogP) is 2.64. The van der Waals surface area contributed by atoms with Crippen LogP contribution in [-0.2, 0) is 6.42 Å². The number of H-pyrrole nitrogens is 1. The lowest BCUT2D eigenvalue weighted by Crippen LogP contribution is -2.17. The van der Waals surface area contributed by atoms with Gasteiger partial charge in [-0.2, -0.15) is 0 Å². The van der Waals surface area contributed by atoms with Gasteiger partial charge in [-0.3, -0.25) is 9.78 Å². The number of aromatic amines is 1. The van der Waals surface area contributed by atoms with Crippen molar-refractivity contribution in [2.75, 3.05) is 0 Å². The molecule has 94 valence electrons. The first kappa shape index (κ1) is 13.2. The zero-order valence-electron chi connectivity index (χ0n) is 10.3. The van der Waals surface area contributed by atoms with Crippen molar-refractivity contribution in [3.8, 4) is 11.4 Å². The molecule has 0 atom stereocenters. The van der Waals surface area contributed by atoms with Crippen molar-refractivity contribution in [2.24, 2.45) is 5.92 Å². The lowest BCUT2D eigenvalue weighted by atomic mass is 10.1. The monoisotopic (exact) mass is 355 g/mol. The Morgan fingerprint density at radius 3 is 2.61 bits per heavy atom. The molecule has 5 heteroatoms. The molecule has 0 aliphatic heterocycles. The Kier molecular flexibility index (Phi) is 4.11. The molecule has 0 saturated carbocycles. The highest BCUT2D eigenvalue weighted by Gasteiger charge is 2.11. The summed E-state index contributed by atoms with van der Waals surface area (Å²) in [6.45, 7) is 4.23. The van der Waals surface area contributed by atoms with Gasteiger partial charge in [-0.25, -0.2) is 4.98 Å². The number of hydrogen-bond donors (Lipinski definition) is 1. The van der Waals surface area contributed by atoms with E-state index < -0.39 is 0 Å². The highest BCUT2D eigenvalue weighted by atomic mass is 127. The number of pyridine rings is 1. The van der Waals surface area contributed by atoms with E-state index in [0.29, 0.717) is 15.3 Å². The van der Waals surface area contributed by atoms with Crippen LogP contribution in [0.2, 0.25) is 0 Å². The molecule has 2 rings (SSSR count). The van der Waals surface area contributed by atoms with E-state index in [1.54, 1.807) is 12.4 Å². The van der Waals surface area contributed by atoms with E-state index in [4.69, 9.17) is 0 Å². The second-order valence-corrected chi connectivity index (χ2v) is 5.59. The summed E-state index contributed by atoms with van der Waals surface area (Å²) in [5, 5.41) is 0. The molecule has 0 aliphatic rings. The fourth-order valence-electron chi connectivity index (χ4n) is 1.67. The van der Waals surface area contributed by atoms with Crippen LogP contribution < -0.4 is 5.56 Å². The summed E-state index contributed by atoms with van der Waals surface area (Å²) >= 11 is 2.06. The van der Waals surface area contributed by atoms with Crippen LogP contribution in [0.5, 0.6) is 0 Å². The van der Waals surface area contributed by atoms with Gasteiger partial charge in [0.2, 0.25) is 0 Å². The van der Waals surface area contributed by atoms with Crippen molar-refractivity contribution >= 4 is 22.6 Å². The van der Waals surface area contributed by atoms with Gasteiger partial charge in [-0.05, 0) is 47.1 Å². The lowest BCUT2D eigenvalue weighted by molar-refractivity contribution is 0.631. The maximum Gasteiger partial charge on any atom is 0.264 e. The number of hydrogen-bond acceptors (Lipinski definition) is 3. The van der Waals surface area contributed by atoms with Crippen LogP contribution in [0.1, 0.15) is 19.5 Å². The van der Waals surface area contributed by atoms with Crippen molar-refractivity contribution < 1.29 is 0 Å². The Hall–Kier alpha value is -1.24. The first-order valence-electron chi connectivity index (χ1n) is 5.77. The van der Waals surface area contributed by atoms with Gasteiger partial charge in [0.25, 0.3) is 5.56 Å². The van der Waals surface area contributed by atoms with Crippen LogP contribution in [0.15, 0.2) is 29.3 Å². The van der Waals surface area contributed by atoms with Gasteiger partial charge < -0.3 is 4.98 Å². The zero-order valence-corrected chi connectivity index (χ0v) is 12.4. The van der Waals surface area contributed by atoms with Gasteiger partial charge in [-0.15, -0.1) is 0 Å². The van der Waals surface area contributed by atoms with Crippen molar-refractivity contribution in [1.82, 2.24) is 15.0 Å². The number of rotatable bonds is 3. The molecule has 0 unspecified atom stereocenters. The minimum atomic E-state index is -0.0759. The number of nitrogens with zero attached hydrogens (tertiary/aromatic N) is 2. The molecule has 0 aromatic carbocycles. The topological polar surface area (TPSA) is 58.6 Å². The van der Waals surface area contributed by atoms with Crippen LogP contribution in [0.25, 0.3) is 11.4 Å². The molecule has 1 N–H and O–H groups in total. The van der Waals surface area contributed by atoms with Crippen molar-refractivity contribution in [3.05, 3.63) is 44.1 Å². The molecule has 0 spiro atoms. The minimum absolute atomic E-state index is 0.0759. The van der Waals surface area contributed by atoms with Gasteiger partial charge in [0.15, 0.2) is 0 Å². The van der Waals surface area contributed by atoms with Crippen LogP contribution in [0.3, 0.4) is 0 Å². The molecule has 2 aromatic heterocycles. The Morgan fingerprint density at radius 1 is 1.33 bits per heavy atom. The van der Waals surface area contributed by atoms with Gasteiger partial charge >= 0.3 is 0 Å². The van der Waals surface area contributed by atoms with E-state index in [1.165, 1.54) is 0 Å². The van der Waals surface area contributed by atoms with Crippen LogP contribution >= 0.6 is 22.6 Å². The average Bonchev–Trinajstić information content (AvgIpc) is 2.35. The first-order valence-corrected chi connectivity index (χ1v) is 6.85. The van der Waals surface area contributed by atoms with Crippen LogP contribution in [0, 0.1) is 9.49 Å². The summed E-state index contributed by atoms with van der Waals surface area (Å²) in [5.41, 5.74) is 1.66. The van der Waals surface area contributed by atoms with Gasteiger partial charge in [-0.1, -0.05) is 13.8 Å². The summed E-state index contributed by atoms with van der Waals surface area (Å²) in [6.07, 6.45) is 4.19. The molecule has 0 radical (unpaired) electrons. The predicted molar refractivity (Wildman–Crippen MR) is 79.3 cm³/mol. The summed E-state index contributed by atoms with van der Waals surface area (Å²) in [4.78, 5) is 23.2. The molecular formula is C13H14IN3O. The summed E-state index contributed by atoms with van der Waals surface area (Å²) in [5.74, 6) is 1.08. The molecule has 2 aromatic rings. The Labute approximate surface area is 119 Å². The summed E-state index contributed by atoms with van der Waals surface area (Å²) in [7, 11) is 0.